The summed E-state index contributed by atoms with van der Waals surface area (Å²) < 4.78 is 1.18. The van der Waals surface area contributed by atoms with Crippen molar-refractivity contribution in [3.05, 3.63) is 46.7 Å². The number of hydrogen-bond acceptors (Lipinski definition) is 3. The average Bonchev–Trinajstić information content (AvgIpc) is 2.97. The fourth-order valence-electron chi connectivity index (χ4n) is 1.77. The number of benzene rings is 1. The van der Waals surface area contributed by atoms with Gasteiger partial charge in [0.15, 0.2) is 0 Å². The summed E-state index contributed by atoms with van der Waals surface area (Å²) in [4.78, 5) is 2.10. The highest BCUT2D eigenvalue weighted by Crippen LogP contribution is 2.31. The van der Waals surface area contributed by atoms with Crippen LogP contribution in [0, 0.1) is 5.41 Å². The monoisotopic (exact) mass is 258 g/mol. The molecule has 17 heavy (non-hydrogen) atoms. The van der Waals surface area contributed by atoms with Crippen LogP contribution in [0.5, 0.6) is 0 Å². The zero-order chi connectivity index (χ0) is 11.8. The van der Waals surface area contributed by atoms with E-state index in [1.165, 1.54) is 15.1 Å². The number of nitrogen functional groups attached to an aromatic ring is 1. The molecule has 0 aliphatic rings. The van der Waals surface area contributed by atoms with Gasteiger partial charge >= 0.3 is 0 Å². The van der Waals surface area contributed by atoms with Crippen LogP contribution >= 0.6 is 22.7 Å². The SMILES string of the molecule is N=C(N)c1cc2cc(-c3cccs3)ccc2s1. The molecule has 1 aromatic carbocycles. The van der Waals surface area contributed by atoms with Crippen LogP contribution in [0.25, 0.3) is 20.5 Å². The first-order valence-corrected chi connectivity index (χ1v) is 6.85. The van der Waals surface area contributed by atoms with Gasteiger partial charge in [-0.3, -0.25) is 5.41 Å². The van der Waals surface area contributed by atoms with E-state index < -0.39 is 0 Å². The highest BCUT2D eigenvalue weighted by atomic mass is 32.1. The first-order chi connectivity index (χ1) is 8.24. The molecule has 2 nitrogen and oxygen atoms in total. The lowest BCUT2D eigenvalue weighted by Crippen LogP contribution is -2.08. The number of fused-ring (bicyclic) bond motifs is 1. The average molecular weight is 258 g/mol. The normalized spacial score (nSPS) is 10.8. The molecule has 0 aliphatic carbocycles. The third kappa shape index (κ3) is 1.85. The van der Waals surface area contributed by atoms with Crippen molar-refractivity contribution in [2.24, 2.45) is 5.73 Å². The predicted molar refractivity (Wildman–Crippen MR) is 76.2 cm³/mol. The van der Waals surface area contributed by atoms with E-state index in [0.29, 0.717) is 0 Å². The lowest BCUT2D eigenvalue weighted by molar-refractivity contribution is 1.46. The lowest BCUT2D eigenvalue weighted by atomic mass is 10.1. The summed E-state index contributed by atoms with van der Waals surface area (Å²) in [5.41, 5.74) is 6.73. The quantitative estimate of drug-likeness (QED) is 0.531. The smallest absolute Gasteiger partial charge is 0.133 e. The van der Waals surface area contributed by atoms with E-state index >= 15 is 0 Å². The molecule has 0 radical (unpaired) electrons. The van der Waals surface area contributed by atoms with Crippen LogP contribution in [0.4, 0.5) is 0 Å². The molecule has 0 bridgehead atoms. The van der Waals surface area contributed by atoms with Crippen molar-refractivity contribution >= 4 is 38.6 Å². The second kappa shape index (κ2) is 3.98. The summed E-state index contributed by atoms with van der Waals surface area (Å²) in [5.74, 6) is 0.142. The molecule has 0 spiro atoms. The number of amidine groups is 1. The molecule has 0 atom stereocenters. The molecule has 0 saturated heterocycles. The summed E-state index contributed by atoms with van der Waals surface area (Å²) in [5, 5.41) is 10.7. The van der Waals surface area contributed by atoms with Gasteiger partial charge in [0.05, 0.1) is 4.88 Å². The molecule has 0 fully saturated rings. The maximum atomic E-state index is 7.45. The van der Waals surface area contributed by atoms with Crippen molar-refractivity contribution in [3.8, 4) is 10.4 Å². The van der Waals surface area contributed by atoms with Gasteiger partial charge in [-0.25, -0.2) is 0 Å². The van der Waals surface area contributed by atoms with Crippen molar-refractivity contribution in [2.75, 3.05) is 0 Å². The molecule has 3 N–H and O–H groups in total. The van der Waals surface area contributed by atoms with Crippen molar-refractivity contribution in [2.45, 2.75) is 0 Å². The first-order valence-electron chi connectivity index (χ1n) is 5.16. The fourth-order valence-corrected chi connectivity index (χ4v) is 3.40. The zero-order valence-electron chi connectivity index (χ0n) is 8.94. The molecule has 0 unspecified atom stereocenters. The molecular formula is C13H10N2S2. The summed E-state index contributed by atoms with van der Waals surface area (Å²) in [6.45, 7) is 0. The first kappa shape index (κ1) is 10.5. The minimum absolute atomic E-state index is 0.142. The largest absolute Gasteiger partial charge is 0.383 e. The Morgan fingerprint density at radius 1 is 1.18 bits per heavy atom. The van der Waals surface area contributed by atoms with E-state index in [0.717, 1.165) is 10.3 Å². The van der Waals surface area contributed by atoms with Gasteiger partial charge in [-0.15, -0.1) is 22.7 Å². The van der Waals surface area contributed by atoms with E-state index in [1.54, 1.807) is 22.7 Å². The maximum Gasteiger partial charge on any atom is 0.133 e. The molecular weight excluding hydrogens is 248 g/mol. The molecule has 0 saturated carbocycles. The Bertz CT molecular complexity index is 681. The Hall–Kier alpha value is -1.65. The third-order valence-electron chi connectivity index (χ3n) is 2.59. The van der Waals surface area contributed by atoms with Gasteiger partial charge in [-0.05, 0) is 40.6 Å². The molecule has 2 aromatic heterocycles. The van der Waals surface area contributed by atoms with Crippen LogP contribution < -0.4 is 5.73 Å². The topological polar surface area (TPSA) is 49.9 Å². The van der Waals surface area contributed by atoms with E-state index in [9.17, 15) is 0 Å². The van der Waals surface area contributed by atoms with Crippen molar-refractivity contribution < 1.29 is 0 Å². The highest BCUT2D eigenvalue weighted by Gasteiger charge is 2.06. The number of nitrogens with one attached hydrogen (secondary N) is 1. The van der Waals surface area contributed by atoms with Gasteiger partial charge in [0.2, 0.25) is 0 Å². The second-order valence-electron chi connectivity index (χ2n) is 3.75. The Morgan fingerprint density at radius 3 is 2.76 bits per heavy atom. The highest BCUT2D eigenvalue weighted by molar-refractivity contribution is 7.20. The number of rotatable bonds is 2. The van der Waals surface area contributed by atoms with E-state index in [-0.39, 0.29) is 5.84 Å². The molecule has 0 amide bonds. The lowest BCUT2D eigenvalue weighted by Gasteiger charge is -1.96. The van der Waals surface area contributed by atoms with Crippen LogP contribution in [0.3, 0.4) is 0 Å². The molecule has 2 heterocycles. The van der Waals surface area contributed by atoms with E-state index in [1.807, 2.05) is 6.07 Å². The third-order valence-corrected chi connectivity index (χ3v) is 4.66. The van der Waals surface area contributed by atoms with Crippen LogP contribution in [-0.4, -0.2) is 5.84 Å². The zero-order valence-corrected chi connectivity index (χ0v) is 10.6. The number of thiophene rings is 2. The summed E-state index contributed by atoms with van der Waals surface area (Å²) in [6, 6.07) is 12.5. The number of nitrogens with two attached hydrogens (primary N) is 1. The van der Waals surface area contributed by atoms with Crippen molar-refractivity contribution in [3.63, 3.8) is 0 Å². The minimum atomic E-state index is 0.142. The summed E-state index contributed by atoms with van der Waals surface area (Å²) in [6.07, 6.45) is 0. The van der Waals surface area contributed by atoms with Gasteiger partial charge < -0.3 is 5.73 Å². The van der Waals surface area contributed by atoms with Gasteiger partial charge in [-0.1, -0.05) is 12.1 Å². The van der Waals surface area contributed by atoms with Gasteiger partial charge in [0.1, 0.15) is 5.84 Å². The van der Waals surface area contributed by atoms with Gasteiger partial charge in [0.25, 0.3) is 0 Å². The van der Waals surface area contributed by atoms with E-state index in [4.69, 9.17) is 11.1 Å². The standard InChI is InChI=1S/C13H10N2S2/c14-13(15)12-7-9-6-8(3-4-11(9)17-12)10-2-1-5-16-10/h1-7H,(H3,14,15). The van der Waals surface area contributed by atoms with Crippen LogP contribution in [0.1, 0.15) is 4.88 Å². The van der Waals surface area contributed by atoms with E-state index in [2.05, 4.69) is 35.7 Å². The maximum absolute atomic E-state index is 7.45. The van der Waals surface area contributed by atoms with Crippen molar-refractivity contribution in [1.82, 2.24) is 0 Å². The van der Waals surface area contributed by atoms with Crippen molar-refractivity contribution in [1.29, 1.82) is 5.41 Å². The van der Waals surface area contributed by atoms with Gasteiger partial charge in [0, 0.05) is 9.58 Å². The predicted octanol–water partition coefficient (Wildman–Crippen LogP) is 3.91. The Balaban J connectivity index is 2.16. The van der Waals surface area contributed by atoms with Gasteiger partial charge in [-0.2, -0.15) is 0 Å². The van der Waals surface area contributed by atoms with Crippen LogP contribution in [-0.2, 0) is 0 Å². The van der Waals surface area contributed by atoms with Crippen LogP contribution in [0.2, 0.25) is 0 Å². The molecule has 3 rings (SSSR count). The molecule has 4 heteroatoms. The summed E-state index contributed by atoms with van der Waals surface area (Å²) in [7, 11) is 0. The Morgan fingerprint density at radius 2 is 2.06 bits per heavy atom. The summed E-state index contributed by atoms with van der Waals surface area (Å²) >= 11 is 3.30. The minimum Gasteiger partial charge on any atom is -0.383 e. The Labute approximate surface area is 107 Å². The molecule has 3 aromatic rings. The second-order valence-corrected chi connectivity index (χ2v) is 5.79. The fraction of sp³-hybridized carbons (Fsp3) is 0. The molecule has 0 aliphatic heterocycles. The number of hydrogen-bond donors (Lipinski definition) is 2. The molecule has 84 valence electrons. The Kier molecular flexibility index (Phi) is 2.46. The van der Waals surface area contributed by atoms with Crippen LogP contribution in [0.15, 0.2) is 41.8 Å².